The summed E-state index contributed by atoms with van der Waals surface area (Å²) in [5, 5.41) is 3.54. The predicted octanol–water partition coefficient (Wildman–Crippen LogP) is 3.40. The van der Waals surface area contributed by atoms with E-state index in [1.165, 1.54) is 7.11 Å². The number of ether oxygens (including phenoxy) is 2. The largest absolute Gasteiger partial charge is 0.494 e. The standard InChI is InChI=1S/C18H20Cl2N2O4/c1-24-17-13(20)5-4-12(19)16(17)18(23)21-11-14(15-3-2-8-26-15)22-6-9-25-10-7-22/h2-5,8,14H,6-7,9-11H2,1H3,(H,21,23). The summed E-state index contributed by atoms with van der Waals surface area (Å²) in [6.45, 7) is 3.20. The molecule has 1 aromatic heterocycles. The van der Waals surface area contributed by atoms with Gasteiger partial charge in [0.15, 0.2) is 5.75 Å². The minimum absolute atomic E-state index is 0.0956. The van der Waals surface area contributed by atoms with Crippen LogP contribution in [0.2, 0.25) is 10.0 Å². The van der Waals surface area contributed by atoms with Crippen LogP contribution in [-0.2, 0) is 4.74 Å². The molecule has 3 rings (SSSR count). The molecule has 1 N–H and O–H groups in total. The van der Waals surface area contributed by atoms with Gasteiger partial charge in [0.25, 0.3) is 5.91 Å². The average Bonchev–Trinajstić information content (AvgIpc) is 3.18. The van der Waals surface area contributed by atoms with Gasteiger partial charge in [-0.3, -0.25) is 9.69 Å². The first kappa shape index (κ1) is 19.0. The minimum atomic E-state index is -0.348. The van der Waals surface area contributed by atoms with Crippen LogP contribution >= 0.6 is 23.2 Å². The summed E-state index contributed by atoms with van der Waals surface area (Å²) in [4.78, 5) is 15.0. The summed E-state index contributed by atoms with van der Waals surface area (Å²) < 4.78 is 16.2. The lowest BCUT2D eigenvalue weighted by molar-refractivity contribution is 0.0118. The van der Waals surface area contributed by atoms with Crippen molar-refractivity contribution < 1.29 is 18.7 Å². The Kier molecular flexibility index (Phi) is 6.43. The molecule has 2 aromatic rings. The van der Waals surface area contributed by atoms with E-state index in [4.69, 9.17) is 37.1 Å². The lowest BCUT2D eigenvalue weighted by Crippen LogP contribution is -2.43. The number of hydrogen-bond donors (Lipinski definition) is 1. The van der Waals surface area contributed by atoms with Gasteiger partial charge in [-0.05, 0) is 24.3 Å². The van der Waals surface area contributed by atoms with E-state index in [1.807, 2.05) is 12.1 Å². The number of nitrogens with one attached hydrogen (secondary N) is 1. The molecule has 0 radical (unpaired) electrons. The topological polar surface area (TPSA) is 63.9 Å². The van der Waals surface area contributed by atoms with Gasteiger partial charge >= 0.3 is 0 Å². The lowest BCUT2D eigenvalue weighted by Gasteiger charge is -2.33. The Morgan fingerprint density at radius 1 is 1.27 bits per heavy atom. The molecule has 1 atom stereocenters. The highest BCUT2D eigenvalue weighted by Crippen LogP contribution is 2.34. The molecule has 1 aliphatic rings. The second kappa shape index (κ2) is 8.77. The number of nitrogens with zero attached hydrogens (tertiary/aromatic N) is 1. The van der Waals surface area contributed by atoms with Gasteiger partial charge < -0.3 is 19.2 Å². The Balaban J connectivity index is 1.77. The Morgan fingerprint density at radius 3 is 2.65 bits per heavy atom. The van der Waals surface area contributed by atoms with E-state index in [0.29, 0.717) is 24.8 Å². The molecule has 1 fully saturated rings. The van der Waals surface area contributed by atoms with Crippen LogP contribution in [0.4, 0.5) is 0 Å². The zero-order valence-electron chi connectivity index (χ0n) is 14.3. The van der Waals surface area contributed by atoms with E-state index >= 15 is 0 Å². The minimum Gasteiger partial charge on any atom is -0.494 e. The quantitative estimate of drug-likeness (QED) is 0.807. The first-order valence-electron chi connectivity index (χ1n) is 8.27. The average molecular weight is 399 g/mol. The molecule has 26 heavy (non-hydrogen) atoms. The van der Waals surface area contributed by atoms with Gasteiger partial charge in [-0.1, -0.05) is 23.2 Å². The van der Waals surface area contributed by atoms with Crippen LogP contribution in [0.5, 0.6) is 5.75 Å². The van der Waals surface area contributed by atoms with Crippen molar-refractivity contribution in [3.8, 4) is 5.75 Å². The summed E-state index contributed by atoms with van der Waals surface area (Å²) in [7, 11) is 1.45. The molecule has 1 saturated heterocycles. The highest BCUT2D eigenvalue weighted by Gasteiger charge is 2.27. The molecule has 2 heterocycles. The van der Waals surface area contributed by atoms with Gasteiger partial charge in [0.1, 0.15) is 11.3 Å². The number of benzene rings is 1. The van der Waals surface area contributed by atoms with Gasteiger partial charge in [-0.15, -0.1) is 0 Å². The van der Waals surface area contributed by atoms with Crippen molar-refractivity contribution in [2.75, 3.05) is 40.0 Å². The van der Waals surface area contributed by atoms with Gasteiger partial charge in [0, 0.05) is 19.6 Å². The van der Waals surface area contributed by atoms with Crippen LogP contribution in [-0.4, -0.2) is 50.8 Å². The molecule has 8 heteroatoms. The number of morpholine rings is 1. The number of halogens is 2. The van der Waals surface area contributed by atoms with Crippen LogP contribution in [0, 0.1) is 0 Å². The van der Waals surface area contributed by atoms with Crippen LogP contribution in [0.1, 0.15) is 22.2 Å². The number of carbonyl (C=O) groups excluding carboxylic acids is 1. The highest BCUT2D eigenvalue weighted by atomic mass is 35.5. The Labute approximate surface area is 162 Å². The summed E-state index contributed by atoms with van der Waals surface area (Å²) in [6.07, 6.45) is 1.63. The molecular formula is C18H20Cl2N2O4. The number of hydrogen-bond acceptors (Lipinski definition) is 5. The van der Waals surface area contributed by atoms with Crippen molar-refractivity contribution in [1.29, 1.82) is 0 Å². The van der Waals surface area contributed by atoms with E-state index in [0.717, 1.165) is 18.8 Å². The first-order chi connectivity index (χ1) is 12.6. The Bertz CT molecular complexity index is 746. The predicted molar refractivity (Wildman–Crippen MR) is 99.2 cm³/mol. The molecule has 140 valence electrons. The van der Waals surface area contributed by atoms with E-state index < -0.39 is 0 Å². The maximum absolute atomic E-state index is 12.7. The van der Waals surface area contributed by atoms with E-state index in [2.05, 4.69) is 10.2 Å². The molecule has 1 unspecified atom stereocenters. The molecular weight excluding hydrogens is 379 g/mol. The molecule has 0 spiro atoms. The number of methoxy groups -OCH3 is 1. The third kappa shape index (κ3) is 4.15. The van der Waals surface area contributed by atoms with Crippen LogP contribution < -0.4 is 10.1 Å². The van der Waals surface area contributed by atoms with Gasteiger partial charge in [-0.2, -0.15) is 0 Å². The fourth-order valence-corrected chi connectivity index (χ4v) is 3.47. The van der Waals surface area contributed by atoms with Crippen LogP contribution in [0.25, 0.3) is 0 Å². The molecule has 6 nitrogen and oxygen atoms in total. The van der Waals surface area contributed by atoms with Crippen molar-refractivity contribution in [2.45, 2.75) is 6.04 Å². The zero-order chi connectivity index (χ0) is 18.5. The van der Waals surface area contributed by atoms with Crippen LogP contribution in [0.3, 0.4) is 0 Å². The second-order valence-electron chi connectivity index (χ2n) is 5.83. The zero-order valence-corrected chi connectivity index (χ0v) is 15.8. The first-order valence-corrected chi connectivity index (χ1v) is 9.02. The summed E-state index contributed by atoms with van der Waals surface area (Å²) in [6, 6.07) is 6.81. The normalized spacial score (nSPS) is 16.3. The number of carbonyl (C=O) groups is 1. The van der Waals surface area contributed by atoms with Crippen molar-refractivity contribution in [1.82, 2.24) is 10.2 Å². The fraction of sp³-hybridized carbons (Fsp3) is 0.389. The highest BCUT2D eigenvalue weighted by molar-refractivity contribution is 6.37. The van der Waals surface area contributed by atoms with Crippen molar-refractivity contribution >= 4 is 29.1 Å². The lowest BCUT2D eigenvalue weighted by atomic mass is 10.1. The molecule has 1 aliphatic heterocycles. The molecule has 0 saturated carbocycles. The monoisotopic (exact) mass is 398 g/mol. The molecule has 0 bridgehead atoms. The molecule has 1 amide bonds. The van der Waals surface area contributed by atoms with Crippen molar-refractivity contribution in [3.05, 3.63) is 51.9 Å². The number of furan rings is 1. The molecule has 0 aliphatic carbocycles. The molecule has 1 aromatic carbocycles. The SMILES string of the molecule is COc1c(Cl)ccc(Cl)c1C(=O)NCC(c1ccco1)N1CCOCC1. The Morgan fingerprint density at radius 2 is 2.00 bits per heavy atom. The van der Waals surface area contributed by atoms with Crippen LogP contribution in [0.15, 0.2) is 34.9 Å². The maximum atomic E-state index is 12.7. The van der Waals surface area contributed by atoms with Gasteiger partial charge in [-0.25, -0.2) is 0 Å². The van der Waals surface area contributed by atoms with E-state index in [-0.39, 0.29) is 28.3 Å². The maximum Gasteiger partial charge on any atom is 0.256 e. The van der Waals surface area contributed by atoms with E-state index in [1.54, 1.807) is 18.4 Å². The number of amides is 1. The van der Waals surface area contributed by atoms with E-state index in [9.17, 15) is 4.79 Å². The third-order valence-electron chi connectivity index (χ3n) is 4.30. The third-order valence-corrected chi connectivity index (χ3v) is 4.92. The van der Waals surface area contributed by atoms with Crippen molar-refractivity contribution in [3.63, 3.8) is 0 Å². The van der Waals surface area contributed by atoms with Crippen molar-refractivity contribution in [2.24, 2.45) is 0 Å². The second-order valence-corrected chi connectivity index (χ2v) is 6.64. The van der Waals surface area contributed by atoms with Gasteiger partial charge in [0.2, 0.25) is 0 Å². The van der Waals surface area contributed by atoms with Gasteiger partial charge in [0.05, 0.1) is 42.7 Å². The number of rotatable bonds is 6. The summed E-state index contributed by atoms with van der Waals surface area (Å²) in [5.41, 5.74) is 0.224. The summed E-state index contributed by atoms with van der Waals surface area (Å²) >= 11 is 12.3. The fourth-order valence-electron chi connectivity index (χ4n) is 3.00. The Hall–Kier alpha value is -1.73. The smallest absolute Gasteiger partial charge is 0.256 e. The summed E-state index contributed by atoms with van der Waals surface area (Å²) in [5.74, 6) is 0.702.